The molecule has 0 aromatic heterocycles. The SMILES string of the molecule is CCC(=O)c1cccc(S(=O)(=O)NOCC(F)(F)F)c1. The summed E-state index contributed by atoms with van der Waals surface area (Å²) in [6, 6.07) is 4.96. The summed E-state index contributed by atoms with van der Waals surface area (Å²) in [7, 11) is -4.27. The van der Waals surface area contributed by atoms with Crippen LogP contribution < -0.4 is 4.89 Å². The molecule has 5 nitrogen and oxygen atoms in total. The lowest BCUT2D eigenvalue weighted by atomic mass is 10.1. The van der Waals surface area contributed by atoms with Gasteiger partial charge in [-0.15, -0.1) is 0 Å². The van der Waals surface area contributed by atoms with E-state index in [0.717, 1.165) is 12.1 Å². The molecule has 0 aliphatic rings. The van der Waals surface area contributed by atoms with Crippen LogP contribution >= 0.6 is 0 Å². The van der Waals surface area contributed by atoms with Gasteiger partial charge in [-0.1, -0.05) is 23.9 Å². The summed E-state index contributed by atoms with van der Waals surface area (Å²) in [5, 5.41) is 0. The van der Waals surface area contributed by atoms with Gasteiger partial charge in [0.25, 0.3) is 10.0 Å². The first-order valence-corrected chi connectivity index (χ1v) is 6.97. The van der Waals surface area contributed by atoms with Crippen molar-refractivity contribution in [3.63, 3.8) is 0 Å². The van der Waals surface area contributed by atoms with Crippen molar-refractivity contribution in [3.8, 4) is 0 Å². The third-order valence-corrected chi connectivity index (χ3v) is 3.40. The molecule has 0 aliphatic carbocycles. The van der Waals surface area contributed by atoms with Crippen LogP contribution in [0.15, 0.2) is 29.2 Å². The average molecular weight is 311 g/mol. The van der Waals surface area contributed by atoms with Gasteiger partial charge in [0.15, 0.2) is 12.4 Å². The Morgan fingerprint density at radius 3 is 2.55 bits per heavy atom. The van der Waals surface area contributed by atoms with Crippen LogP contribution in [0.5, 0.6) is 0 Å². The lowest BCUT2D eigenvalue weighted by Crippen LogP contribution is -2.29. The van der Waals surface area contributed by atoms with Gasteiger partial charge in [-0.25, -0.2) is 8.42 Å². The Kier molecular flexibility index (Phi) is 5.26. The smallest absolute Gasteiger partial charge is 0.294 e. The zero-order chi connectivity index (χ0) is 15.4. The molecule has 0 heterocycles. The minimum atomic E-state index is -4.65. The molecule has 0 spiro atoms. The van der Waals surface area contributed by atoms with Crippen LogP contribution in [0, 0.1) is 0 Å². The minimum Gasteiger partial charge on any atom is -0.294 e. The Bertz CT molecular complexity index is 584. The van der Waals surface area contributed by atoms with Crippen molar-refractivity contribution >= 4 is 15.8 Å². The van der Waals surface area contributed by atoms with Crippen LogP contribution in [0.25, 0.3) is 0 Å². The van der Waals surface area contributed by atoms with E-state index in [1.54, 1.807) is 6.92 Å². The Morgan fingerprint density at radius 1 is 1.35 bits per heavy atom. The summed E-state index contributed by atoms with van der Waals surface area (Å²) >= 11 is 0. The van der Waals surface area contributed by atoms with Gasteiger partial charge in [0.2, 0.25) is 0 Å². The summed E-state index contributed by atoms with van der Waals surface area (Å²) in [6.07, 6.45) is -4.47. The van der Waals surface area contributed by atoms with Crippen molar-refractivity contribution in [1.82, 2.24) is 4.89 Å². The Morgan fingerprint density at radius 2 is 2.00 bits per heavy atom. The van der Waals surface area contributed by atoms with Crippen molar-refractivity contribution in [2.75, 3.05) is 6.61 Å². The maximum atomic E-state index is 11.8. The number of hydrogen-bond donors (Lipinski definition) is 1. The summed E-state index contributed by atoms with van der Waals surface area (Å²) < 4.78 is 58.9. The van der Waals surface area contributed by atoms with E-state index in [1.165, 1.54) is 17.0 Å². The van der Waals surface area contributed by atoms with E-state index in [0.29, 0.717) is 0 Å². The molecule has 9 heteroatoms. The fourth-order valence-electron chi connectivity index (χ4n) is 1.28. The molecule has 0 saturated heterocycles. The Labute approximate surface area is 113 Å². The molecule has 1 aromatic rings. The summed E-state index contributed by atoms with van der Waals surface area (Å²) in [6.45, 7) is -0.145. The number of halogens is 3. The molecule has 0 aliphatic heterocycles. The molecule has 0 amide bonds. The number of carbonyl (C=O) groups excluding carboxylic acids is 1. The number of alkyl halides is 3. The molecule has 1 rings (SSSR count). The number of benzene rings is 1. The van der Waals surface area contributed by atoms with Gasteiger partial charge in [-0.3, -0.25) is 9.63 Å². The zero-order valence-corrected chi connectivity index (χ0v) is 11.2. The lowest BCUT2D eigenvalue weighted by molar-refractivity contribution is -0.181. The number of nitrogens with one attached hydrogen (secondary N) is 1. The lowest BCUT2D eigenvalue weighted by Gasteiger charge is -2.09. The number of carbonyl (C=O) groups is 1. The van der Waals surface area contributed by atoms with Crippen molar-refractivity contribution in [3.05, 3.63) is 29.8 Å². The molecule has 0 saturated carbocycles. The van der Waals surface area contributed by atoms with E-state index in [9.17, 15) is 26.4 Å². The van der Waals surface area contributed by atoms with Crippen LogP contribution in [0.3, 0.4) is 0 Å². The van der Waals surface area contributed by atoms with Crippen molar-refractivity contribution in [1.29, 1.82) is 0 Å². The molecule has 112 valence electrons. The van der Waals surface area contributed by atoms with E-state index in [1.807, 2.05) is 0 Å². The van der Waals surface area contributed by atoms with Gasteiger partial charge >= 0.3 is 6.18 Å². The summed E-state index contributed by atoms with van der Waals surface area (Å²) in [4.78, 5) is 16.3. The highest BCUT2D eigenvalue weighted by atomic mass is 32.2. The number of ketones is 1. The van der Waals surface area contributed by atoms with Gasteiger partial charge in [-0.05, 0) is 12.1 Å². The van der Waals surface area contributed by atoms with E-state index in [4.69, 9.17) is 0 Å². The van der Waals surface area contributed by atoms with Crippen LogP contribution in [0.4, 0.5) is 13.2 Å². The maximum absolute atomic E-state index is 11.8. The summed E-state index contributed by atoms with van der Waals surface area (Å²) in [5.74, 6) is -0.279. The highest BCUT2D eigenvalue weighted by molar-refractivity contribution is 7.89. The van der Waals surface area contributed by atoms with Crippen LogP contribution in [0.1, 0.15) is 23.7 Å². The second-order valence-corrected chi connectivity index (χ2v) is 5.44. The molecule has 0 bridgehead atoms. The molecular weight excluding hydrogens is 299 g/mol. The topological polar surface area (TPSA) is 72.5 Å². The van der Waals surface area contributed by atoms with Crippen molar-refractivity contribution in [2.24, 2.45) is 0 Å². The molecule has 0 radical (unpaired) electrons. The van der Waals surface area contributed by atoms with E-state index in [2.05, 4.69) is 4.84 Å². The standard InChI is InChI=1S/C11H12F3NO4S/c1-2-10(16)8-4-3-5-9(6-8)20(17,18)15-19-7-11(12,13)14/h3-6,15H,2,7H2,1H3. The predicted octanol–water partition coefficient (Wildman–Crippen LogP) is 2.05. The van der Waals surface area contributed by atoms with Crippen LogP contribution in [0.2, 0.25) is 0 Å². The van der Waals surface area contributed by atoms with Gasteiger partial charge in [0.1, 0.15) is 0 Å². The Balaban J connectivity index is 2.85. The molecule has 0 atom stereocenters. The number of sulfonamides is 1. The molecule has 0 unspecified atom stereocenters. The number of Topliss-reactive ketones (excluding diaryl/α,β-unsaturated/α-hetero) is 1. The molecule has 1 aromatic carbocycles. The van der Waals surface area contributed by atoms with Crippen molar-refractivity contribution < 1.29 is 31.2 Å². The first kappa shape index (κ1) is 16.6. The molecule has 20 heavy (non-hydrogen) atoms. The molecular formula is C11H12F3NO4S. The van der Waals surface area contributed by atoms with E-state index >= 15 is 0 Å². The zero-order valence-electron chi connectivity index (χ0n) is 10.4. The van der Waals surface area contributed by atoms with Gasteiger partial charge in [0.05, 0.1) is 4.90 Å². The third-order valence-electron chi connectivity index (χ3n) is 2.19. The molecule has 1 N–H and O–H groups in total. The fourth-order valence-corrected chi connectivity index (χ4v) is 2.13. The number of rotatable bonds is 6. The highest BCUT2D eigenvalue weighted by Crippen LogP contribution is 2.16. The van der Waals surface area contributed by atoms with Crippen molar-refractivity contribution in [2.45, 2.75) is 24.4 Å². The van der Waals surface area contributed by atoms with E-state index in [-0.39, 0.29) is 22.7 Å². The third kappa shape index (κ3) is 4.91. The van der Waals surface area contributed by atoms with Gasteiger partial charge in [-0.2, -0.15) is 13.2 Å². The van der Waals surface area contributed by atoms with Crippen LogP contribution in [-0.2, 0) is 14.9 Å². The fraction of sp³-hybridized carbons (Fsp3) is 0.364. The highest BCUT2D eigenvalue weighted by Gasteiger charge is 2.29. The number of hydrogen-bond acceptors (Lipinski definition) is 4. The summed E-state index contributed by atoms with van der Waals surface area (Å²) in [5.41, 5.74) is 0.159. The first-order chi connectivity index (χ1) is 9.15. The van der Waals surface area contributed by atoms with Gasteiger partial charge in [0, 0.05) is 12.0 Å². The first-order valence-electron chi connectivity index (χ1n) is 5.49. The largest absolute Gasteiger partial charge is 0.413 e. The van der Waals surface area contributed by atoms with Gasteiger partial charge < -0.3 is 0 Å². The normalized spacial score (nSPS) is 12.4. The monoisotopic (exact) mass is 311 g/mol. The maximum Gasteiger partial charge on any atom is 0.413 e. The molecule has 0 fully saturated rings. The van der Waals surface area contributed by atoms with E-state index < -0.39 is 22.8 Å². The predicted molar refractivity (Wildman–Crippen MR) is 63.4 cm³/mol. The second-order valence-electron chi connectivity index (χ2n) is 3.80. The Hall–Kier alpha value is -1.45. The van der Waals surface area contributed by atoms with Crippen LogP contribution in [-0.4, -0.2) is 27.0 Å². The quantitative estimate of drug-likeness (QED) is 0.644. The second kappa shape index (κ2) is 6.33. The minimum absolute atomic E-state index is 0.159. The average Bonchev–Trinajstić information content (AvgIpc) is 2.36.